The highest BCUT2D eigenvalue weighted by Crippen LogP contribution is 2.23. The van der Waals surface area contributed by atoms with E-state index in [-0.39, 0.29) is 12.5 Å². The number of unbranched alkanes of at least 4 members (excludes halogenated alkanes) is 30. The number of allylic oxidation sites excluding steroid dienone is 15. The Labute approximate surface area is 473 Å². The van der Waals surface area contributed by atoms with Crippen molar-refractivity contribution < 1.29 is 39.8 Å². The number of hydrogen-bond acceptors (Lipinski definition) is 8. The maximum Gasteiger partial charge on any atom is 0.220 e. The summed E-state index contributed by atoms with van der Waals surface area (Å²) >= 11 is 0. The predicted molar refractivity (Wildman–Crippen MR) is 327 cm³/mol. The monoisotopic (exact) mass is 1080 g/mol. The highest BCUT2D eigenvalue weighted by atomic mass is 16.7. The first-order valence-electron chi connectivity index (χ1n) is 32.0. The fourth-order valence-electron chi connectivity index (χ4n) is 9.63. The molecule has 0 aromatic rings. The van der Waals surface area contributed by atoms with Crippen molar-refractivity contribution in [1.82, 2.24) is 5.32 Å². The van der Waals surface area contributed by atoms with Gasteiger partial charge in [-0.15, -0.1) is 0 Å². The molecule has 1 fully saturated rings. The van der Waals surface area contributed by atoms with Crippen molar-refractivity contribution >= 4 is 5.91 Å². The molecule has 6 N–H and O–H groups in total. The fourth-order valence-corrected chi connectivity index (χ4v) is 9.63. The third kappa shape index (κ3) is 45.5. The van der Waals surface area contributed by atoms with Gasteiger partial charge in [-0.1, -0.05) is 272 Å². The van der Waals surface area contributed by atoms with Crippen molar-refractivity contribution in [3.8, 4) is 0 Å². The van der Waals surface area contributed by atoms with Crippen molar-refractivity contribution in [2.45, 2.75) is 314 Å². The minimum atomic E-state index is -1.58. The molecule has 0 bridgehead atoms. The van der Waals surface area contributed by atoms with Crippen molar-refractivity contribution in [3.05, 3.63) is 97.2 Å². The Kier molecular flexibility index (Phi) is 52.8. The van der Waals surface area contributed by atoms with Gasteiger partial charge >= 0.3 is 0 Å². The zero-order valence-electron chi connectivity index (χ0n) is 49.4. The lowest BCUT2D eigenvalue weighted by Gasteiger charge is -2.40. The number of aliphatic hydroxyl groups is 5. The van der Waals surface area contributed by atoms with Gasteiger partial charge in [-0.3, -0.25) is 4.79 Å². The maximum absolute atomic E-state index is 13.1. The molecular formula is C68H119NO8. The van der Waals surface area contributed by atoms with Crippen LogP contribution >= 0.6 is 0 Å². The summed E-state index contributed by atoms with van der Waals surface area (Å²) in [4.78, 5) is 13.1. The minimum absolute atomic E-state index is 0.204. The minimum Gasteiger partial charge on any atom is -0.394 e. The Morgan fingerprint density at radius 2 is 0.818 bits per heavy atom. The number of ether oxygens (including phenoxy) is 2. The van der Waals surface area contributed by atoms with E-state index in [9.17, 15) is 30.3 Å². The lowest BCUT2D eigenvalue weighted by Crippen LogP contribution is -2.60. The molecule has 0 saturated carbocycles. The number of nitrogens with one attached hydrogen (secondary N) is 1. The number of carbonyl (C=O) groups excluding carboxylic acids is 1. The van der Waals surface area contributed by atoms with Crippen LogP contribution in [0.3, 0.4) is 0 Å². The van der Waals surface area contributed by atoms with E-state index < -0.39 is 49.5 Å². The highest BCUT2D eigenvalue weighted by Gasteiger charge is 2.44. The summed E-state index contributed by atoms with van der Waals surface area (Å²) < 4.78 is 11.3. The van der Waals surface area contributed by atoms with Crippen LogP contribution in [-0.2, 0) is 14.3 Å². The highest BCUT2D eigenvalue weighted by molar-refractivity contribution is 5.76. The molecule has 1 heterocycles. The molecule has 0 spiro atoms. The number of hydrogen-bond donors (Lipinski definition) is 6. The second kappa shape index (κ2) is 56.4. The molecule has 9 nitrogen and oxygen atoms in total. The zero-order valence-corrected chi connectivity index (χ0v) is 49.4. The second-order valence-corrected chi connectivity index (χ2v) is 21.8. The molecule has 0 aliphatic carbocycles. The van der Waals surface area contributed by atoms with E-state index in [0.717, 1.165) is 89.9 Å². The fraction of sp³-hybridized carbons (Fsp3) is 0.750. The molecule has 1 aliphatic rings. The van der Waals surface area contributed by atoms with Crippen LogP contribution in [0.4, 0.5) is 0 Å². The molecule has 77 heavy (non-hydrogen) atoms. The Morgan fingerprint density at radius 1 is 0.455 bits per heavy atom. The van der Waals surface area contributed by atoms with E-state index in [1.165, 1.54) is 161 Å². The van der Waals surface area contributed by atoms with Crippen LogP contribution in [0.25, 0.3) is 0 Å². The largest absolute Gasteiger partial charge is 0.394 e. The molecule has 1 rings (SSSR count). The Hall–Kier alpha value is -2.89. The van der Waals surface area contributed by atoms with Gasteiger partial charge in [-0.2, -0.15) is 0 Å². The van der Waals surface area contributed by atoms with Crippen LogP contribution in [0, 0.1) is 0 Å². The van der Waals surface area contributed by atoms with Crippen LogP contribution < -0.4 is 5.32 Å². The second-order valence-electron chi connectivity index (χ2n) is 21.8. The van der Waals surface area contributed by atoms with E-state index in [0.29, 0.717) is 6.42 Å². The van der Waals surface area contributed by atoms with E-state index in [1.807, 2.05) is 6.08 Å². The van der Waals surface area contributed by atoms with Crippen LogP contribution in [0.15, 0.2) is 97.2 Å². The summed E-state index contributed by atoms with van der Waals surface area (Å²) in [6, 6.07) is -0.843. The van der Waals surface area contributed by atoms with Gasteiger partial charge in [-0.05, 0) is 89.9 Å². The SMILES string of the molecule is CC/C=C\C/C=C\C/C=C\C/C=C\C/C=C\CCCCCCCCCC(=O)NC(COC1OC(CO)C(O)C(O)C1O)C(O)/C=C/CC/C=C/CC/C=C/CCCCCCCCCCCCCCCCCCCCCCC. The van der Waals surface area contributed by atoms with Gasteiger partial charge in [0.2, 0.25) is 5.91 Å². The first-order chi connectivity index (χ1) is 37.8. The van der Waals surface area contributed by atoms with E-state index in [4.69, 9.17) is 9.47 Å². The molecule has 1 aliphatic heterocycles. The number of rotatable bonds is 54. The van der Waals surface area contributed by atoms with Crippen molar-refractivity contribution in [3.63, 3.8) is 0 Å². The van der Waals surface area contributed by atoms with Crippen LogP contribution in [0.5, 0.6) is 0 Å². The van der Waals surface area contributed by atoms with Crippen molar-refractivity contribution in [2.75, 3.05) is 13.2 Å². The molecule has 0 radical (unpaired) electrons. The molecule has 7 atom stereocenters. The standard InChI is InChI=1S/C68H119NO8/c1-3-5-7-9-11-13-15-17-19-21-23-25-27-28-29-30-31-32-33-34-36-37-39-41-43-45-47-49-51-53-55-57-62(71)61(60-76-68-67(75)66(74)65(73)63(59-70)77-68)69-64(72)58-56-54-52-50-48-46-44-42-40-38-35-26-24-22-20-18-16-14-12-10-8-6-4-2/h6,8,12,14,18,20,24,26,38-41,47,49,55,57,61-63,65-68,70-71,73-75H,3-5,7,9-11,13,15-17,19,21-23,25,27-37,42-46,48,50-54,56,58-60H2,1-2H3,(H,69,72)/b8-6-,14-12-,20-18-,26-24-,40-38-,41-39+,49-47+,57-55+. The van der Waals surface area contributed by atoms with Gasteiger partial charge in [0.25, 0.3) is 0 Å². The van der Waals surface area contributed by atoms with E-state index >= 15 is 0 Å². The van der Waals surface area contributed by atoms with Crippen molar-refractivity contribution in [1.29, 1.82) is 0 Å². The normalized spacial score (nSPS) is 19.4. The van der Waals surface area contributed by atoms with E-state index in [2.05, 4.69) is 104 Å². The third-order valence-corrected chi connectivity index (χ3v) is 14.6. The topological polar surface area (TPSA) is 149 Å². The molecule has 9 heteroatoms. The van der Waals surface area contributed by atoms with Gasteiger partial charge < -0.3 is 40.3 Å². The molecule has 0 aromatic heterocycles. The Morgan fingerprint density at radius 3 is 1.25 bits per heavy atom. The van der Waals surface area contributed by atoms with Crippen LogP contribution in [0.2, 0.25) is 0 Å². The average molecular weight is 1080 g/mol. The van der Waals surface area contributed by atoms with Crippen molar-refractivity contribution in [2.24, 2.45) is 0 Å². The Balaban J connectivity index is 2.23. The summed E-state index contributed by atoms with van der Waals surface area (Å²) in [5, 5.41) is 54.6. The third-order valence-electron chi connectivity index (χ3n) is 14.6. The van der Waals surface area contributed by atoms with Crippen LogP contribution in [-0.4, -0.2) is 87.5 Å². The summed E-state index contributed by atoms with van der Waals surface area (Å²) in [5.74, 6) is -0.204. The molecule has 0 aromatic carbocycles. The maximum atomic E-state index is 13.1. The lowest BCUT2D eigenvalue weighted by molar-refractivity contribution is -0.302. The summed E-state index contributed by atoms with van der Waals surface area (Å²) in [6.45, 7) is 3.65. The number of aliphatic hydroxyl groups excluding tert-OH is 5. The molecule has 444 valence electrons. The van der Waals surface area contributed by atoms with Gasteiger partial charge in [0, 0.05) is 6.42 Å². The van der Waals surface area contributed by atoms with Gasteiger partial charge in [0.1, 0.15) is 24.4 Å². The van der Waals surface area contributed by atoms with E-state index in [1.54, 1.807) is 6.08 Å². The van der Waals surface area contributed by atoms with Crippen LogP contribution in [0.1, 0.15) is 271 Å². The number of amides is 1. The molecule has 7 unspecified atom stereocenters. The quantitative estimate of drug-likeness (QED) is 0.0261. The lowest BCUT2D eigenvalue weighted by atomic mass is 9.99. The summed E-state index contributed by atoms with van der Waals surface area (Å²) in [6.07, 6.45) is 74.9. The zero-order chi connectivity index (χ0) is 55.8. The Bertz CT molecular complexity index is 1530. The average Bonchev–Trinajstić information content (AvgIpc) is 3.43. The molecule has 1 amide bonds. The number of carbonyl (C=O) groups is 1. The van der Waals surface area contributed by atoms with Gasteiger partial charge in [0.15, 0.2) is 6.29 Å². The first kappa shape index (κ1) is 72.1. The van der Waals surface area contributed by atoms with Gasteiger partial charge in [-0.25, -0.2) is 0 Å². The predicted octanol–water partition coefficient (Wildman–Crippen LogP) is 16.7. The molecule has 1 saturated heterocycles. The molecular weight excluding hydrogens is 959 g/mol. The summed E-state index contributed by atoms with van der Waals surface area (Å²) in [5.41, 5.74) is 0. The summed E-state index contributed by atoms with van der Waals surface area (Å²) in [7, 11) is 0. The smallest absolute Gasteiger partial charge is 0.220 e. The van der Waals surface area contributed by atoms with Gasteiger partial charge in [0.05, 0.1) is 25.4 Å². The first-order valence-corrected chi connectivity index (χ1v) is 32.0.